The van der Waals surface area contributed by atoms with E-state index in [1.807, 2.05) is 13.0 Å². The van der Waals surface area contributed by atoms with Gasteiger partial charge in [-0.1, -0.05) is 23.8 Å². The normalized spacial score (nSPS) is 14.1. The van der Waals surface area contributed by atoms with E-state index in [1.54, 1.807) is 19.1 Å². The molecule has 0 aliphatic rings. The summed E-state index contributed by atoms with van der Waals surface area (Å²) in [5.74, 6) is -0.215. The van der Waals surface area contributed by atoms with Crippen LogP contribution in [0.3, 0.4) is 0 Å². The van der Waals surface area contributed by atoms with Crippen molar-refractivity contribution < 1.29 is 9.50 Å². The summed E-state index contributed by atoms with van der Waals surface area (Å²) in [4.78, 5) is 0. The molecule has 0 aliphatic heterocycles. The predicted molar refractivity (Wildman–Crippen MR) is 55.5 cm³/mol. The van der Waals surface area contributed by atoms with Crippen LogP contribution >= 0.6 is 0 Å². The van der Waals surface area contributed by atoms with Gasteiger partial charge in [0.2, 0.25) is 0 Å². The van der Waals surface area contributed by atoms with Crippen LogP contribution in [0.15, 0.2) is 35.9 Å². The van der Waals surface area contributed by atoms with Crippen molar-refractivity contribution in [2.45, 2.75) is 26.4 Å². The van der Waals surface area contributed by atoms with E-state index in [-0.39, 0.29) is 5.82 Å². The van der Waals surface area contributed by atoms with Crippen molar-refractivity contribution in [2.75, 3.05) is 0 Å². The first-order valence-corrected chi connectivity index (χ1v) is 4.68. The minimum Gasteiger partial charge on any atom is -0.389 e. The zero-order chi connectivity index (χ0) is 10.6. The maximum Gasteiger partial charge on any atom is 0.123 e. The van der Waals surface area contributed by atoms with Gasteiger partial charge in [-0.25, -0.2) is 4.39 Å². The lowest BCUT2D eigenvalue weighted by atomic mass is 10.1. The van der Waals surface area contributed by atoms with Crippen molar-refractivity contribution in [1.82, 2.24) is 0 Å². The van der Waals surface area contributed by atoms with Crippen LogP contribution < -0.4 is 0 Å². The number of hydrogen-bond acceptors (Lipinski definition) is 1. The van der Waals surface area contributed by atoms with Gasteiger partial charge >= 0.3 is 0 Å². The Morgan fingerprint density at radius 3 is 2.86 bits per heavy atom. The molecule has 0 aromatic heterocycles. The standard InChI is InChI=1S/C12H15FO/c1-9(6-10(2)14)7-11-4-3-5-12(13)8-11/h3-6,8,10,14H,7H2,1-2H3/b9-6-. The number of rotatable bonds is 3. The molecular formula is C12H15FO. The van der Waals surface area contributed by atoms with Gasteiger partial charge in [-0.2, -0.15) is 0 Å². The molecule has 14 heavy (non-hydrogen) atoms. The average Bonchev–Trinajstić information content (AvgIpc) is 2.01. The van der Waals surface area contributed by atoms with E-state index in [2.05, 4.69) is 0 Å². The summed E-state index contributed by atoms with van der Waals surface area (Å²) in [7, 11) is 0. The summed E-state index contributed by atoms with van der Waals surface area (Å²) in [6.45, 7) is 3.63. The third-order valence-electron chi connectivity index (χ3n) is 1.90. The van der Waals surface area contributed by atoms with Gasteiger partial charge in [-0.15, -0.1) is 0 Å². The van der Waals surface area contributed by atoms with E-state index in [0.717, 1.165) is 11.1 Å². The smallest absolute Gasteiger partial charge is 0.123 e. The van der Waals surface area contributed by atoms with Crippen LogP contribution in [-0.2, 0) is 6.42 Å². The lowest BCUT2D eigenvalue weighted by Crippen LogP contribution is -1.96. The van der Waals surface area contributed by atoms with Crippen LogP contribution in [0.2, 0.25) is 0 Å². The Balaban J connectivity index is 2.69. The number of hydrogen-bond donors (Lipinski definition) is 1. The third kappa shape index (κ3) is 3.71. The highest BCUT2D eigenvalue weighted by Gasteiger charge is 1.98. The van der Waals surface area contributed by atoms with Crippen LogP contribution in [0.5, 0.6) is 0 Å². The van der Waals surface area contributed by atoms with Gasteiger partial charge in [0.05, 0.1) is 6.10 Å². The molecule has 0 bridgehead atoms. The number of allylic oxidation sites excluding steroid dienone is 1. The van der Waals surface area contributed by atoms with Gasteiger partial charge in [-0.05, 0) is 38.0 Å². The molecule has 1 rings (SSSR count). The first-order valence-electron chi connectivity index (χ1n) is 4.68. The van der Waals surface area contributed by atoms with Crippen LogP contribution in [0.4, 0.5) is 4.39 Å². The summed E-state index contributed by atoms with van der Waals surface area (Å²) < 4.78 is 12.8. The monoisotopic (exact) mass is 194 g/mol. The van der Waals surface area contributed by atoms with Gasteiger partial charge in [0, 0.05) is 0 Å². The summed E-state index contributed by atoms with van der Waals surface area (Å²) in [6.07, 6.45) is 2.01. The zero-order valence-corrected chi connectivity index (χ0v) is 8.50. The molecule has 1 nitrogen and oxygen atoms in total. The minimum atomic E-state index is -0.441. The summed E-state index contributed by atoms with van der Waals surface area (Å²) in [5, 5.41) is 9.10. The molecule has 1 aromatic rings. The Morgan fingerprint density at radius 1 is 1.57 bits per heavy atom. The van der Waals surface area contributed by atoms with Crippen molar-refractivity contribution in [3.05, 3.63) is 47.3 Å². The molecular weight excluding hydrogens is 179 g/mol. The van der Waals surface area contributed by atoms with Crippen LogP contribution in [0.1, 0.15) is 19.4 Å². The molecule has 1 unspecified atom stereocenters. The van der Waals surface area contributed by atoms with Crippen molar-refractivity contribution >= 4 is 0 Å². The molecule has 2 heteroatoms. The predicted octanol–water partition coefficient (Wildman–Crippen LogP) is 2.70. The molecule has 0 heterocycles. The summed E-state index contributed by atoms with van der Waals surface area (Å²) in [5.41, 5.74) is 1.98. The zero-order valence-electron chi connectivity index (χ0n) is 8.50. The molecule has 1 aromatic carbocycles. The maximum atomic E-state index is 12.8. The van der Waals surface area contributed by atoms with E-state index >= 15 is 0 Å². The number of aliphatic hydroxyl groups excluding tert-OH is 1. The number of halogens is 1. The van der Waals surface area contributed by atoms with Crippen LogP contribution in [0, 0.1) is 5.82 Å². The van der Waals surface area contributed by atoms with Crippen molar-refractivity contribution in [3.63, 3.8) is 0 Å². The van der Waals surface area contributed by atoms with Crippen molar-refractivity contribution in [1.29, 1.82) is 0 Å². The molecule has 0 amide bonds. The van der Waals surface area contributed by atoms with E-state index in [4.69, 9.17) is 5.11 Å². The minimum absolute atomic E-state index is 0.215. The second kappa shape index (κ2) is 4.91. The van der Waals surface area contributed by atoms with Crippen LogP contribution in [0.25, 0.3) is 0 Å². The molecule has 0 saturated carbocycles. The molecule has 0 saturated heterocycles. The molecule has 0 spiro atoms. The molecule has 0 fully saturated rings. The second-order valence-electron chi connectivity index (χ2n) is 3.56. The third-order valence-corrected chi connectivity index (χ3v) is 1.90. The topological polar surface area (TPSA) is 20.2 Å². The van der Waals surface area contributed by atoms with Gasteiger partial charge < -0.3 is 5.11 Å². The first kappa shape index (κ1) is 10.9. The summed E-state index contributed by atoms with van der Waals surface area (Å²) in [6, 6.07) is 6.51. The number of aliphatic hydroxyl groups is 1. The molecule has 76 valence electrons. The average molecular weight is 194 g/mol. The summed E-state index contributed by atoms with van der Waals surface area (Å²) >= 11 is 0. The van der Waals surface area contributed by atoms with E-state index in [0.29, 0.717) is 6.42 Å². The second-order valence-corrected chi connectivity index (χ2v) is 3.56. The number of benzene rings is 1. The molecule has 0 aliphatic carbocycles. The van der Waals surface area contributed by atoms with E-state index in [1.165, 1.54) is 12.1 Å². The van der Waals surface area contributed by atoms with Crippen LogP contribution in [-0.4, -0.2) is 11.2 Å². The van der Waals surface area contributed by atoms with E-state index in [9.17, 15) is 4.39 Å². The maximum absolute atomic E-state index is 12.8. The van der Waals surface area contributed by atoms with Crippen molar-refractivity contribution in [3.8, 4) is 0 Å². The quantitative estimate of drug-likeness (QED) is 0.733. The van der Waals surface area contributed by atoms with E-state index < -0.39 is 6.10 Å². The Bertz CT molecular complexity index is 329. The largest absolute Gasteiger partial charge is 0.389 e. The highest BCUT2D eigenvalue weighted by molar-refractivity contribution is 5.22. The van der Waals surface area contributed by atoms with Gasteiger partial charge in [0.15, 0.2) is 0 Å². The lowest BCUT2D eigenvalue weighted by molar-refractivity contribution is 0.243. The Kier molecular flexibility index (Phi) is 3.84. The SMILES string of the molecule is C/C(=C/C(C)O)Cc1cccc(F)c1. The molecule has 0 radical (unpaired) electrons. The fraction of sp³-hybridized carbons (Fsp3) is 0.333. The highest BCUT2D eigenvalue weighted by Crippen LogP contribution is 2.09. The van der Waals surface area contributed by atoms with Crippen molar-refractivity contribution in [2.24, 2.45) is 0 Å². The van der Waals surface area contributed by atoms with Gasteiger partial charge in [0.25, 0.3) is 0 Å². The first-order chi connectivity index (χ1) is 6.58. The molecule has 1 atom stereocenters. The lowest BCUT2D eigenvalue weighted by Gasteiger charge is -2.03. The molecule has 1 N–H and O–H groups in total. The Labute approximate surface area is 83.9 Å². The fourth-order valence-corrected chi connectivity index (χ4v) is 1.44. The highest BCUT2D eigenvalue weighted by atomic mass is 19.1. The van der Waals surface area contributed by atoms with Gasteiger partial charge in [-0.3, -0.25) is 0 Å². The van der Waals surface area contributed by atoms with Gasteiger partial charge in [0.1, 0.15) is 5.82 Å². The Morgan fingerprint density at radius 2 is 2.29 bits per heavy atom. The Hall–Kier alpha value is -1.15. The fourth-order valence-electron chi connectivity index (χ4n) is 1.44.